The van der Waals surface area contributed by atoms with E-state index in [1.165, 1.54) is 12.1 Å². The molecule has 1 N–H and O–H groups in total. The van der Waals surface area contributed by atoms with Crippen LogP contribution in [0.15, 0.2) is 40.8 Å². The quantitative estimate of drug-likeness (QED) is 0.509. The van der Waals surface area contributed by atoms with Crippen LogP contribution in [-0.2, 0) is 4.79 Å². The number of amides is 2. The topological polar surface area (TPSA) is 86.9 Å². The number of rotatable bonds is 5. The smallest absolute Gasteiger partial charge is 0.290 e. The summed E-state index contributed by atoms with van der Waals surface area (Å²) in [6.45, 7) is 13.0. The number of aliphatic hydroxyl groups excluding tert-OH is 1. The van der Waals surface area contributed by atoms with Crippen LogP contribution in [0.5, 0.6) is 0 Å². The Morgan fingerprint density at radius 3 is 2.43 bits per heavy atom. The van der Waals surface area contributed by atoms with Crippen LogP contribution in [-0.4, -0.2) is 63.5 Å². The van der Waals surface area contributed by atoms with Gasteiger partial charge in [0, 0.05) is 42.9 Å². The molecule has 0 bridgehead atoms. The molecule has 0 spiro atoms. The van der Waals surface area contributed by atoms with Gasteiger partial charge in [-0.15, -0.1) is 0 Å². The maximum atomic E-state index is 13.5. The molecule has 4 rings (SSSR count). The zero-order valence-corrected chi connectivity index (χ0v) is 22.4. The molecule has 0 saturated carbocycles. The molecule has 3 aromatic rings. The number of halogens is 1. The van der Waals surface area contributed by atoms with Gasteiger partial charge in [-0.2, -0.15) is 0 Å². The van der Waals surface area contributed by atoms with Crippen molar-refractivity contribution in [1.82, 2.24) is 14.8 Å². The normalized spacial score (nSPS) is 17.5. The fraction of sp³-hybridized carbons (Fsp3) is 0.483. The summed E-state index contributed by atoms with van der Waals surface area (Å²) < 4.78 is 19.5. The molecule has 1 aromatic carbocycles. The molecule has 1 saturated heterocycles. The molecule has 0 aliphatic carbocycles. The minimum Gasteiger partial charge on any atom is -0.449 e. The third-order valence-electron chi connectivity index (χ3n) is 6.77. The Labute approximate surface area is 217 Å². The van der Waals surface area contributed by atoms with Gasteiger partial charge in [0.15, 0.2) is 11.3 Å². The van der Waals surface area contributed by atoms with Crippen molar-refractivity contribution in [3.05, 3.63) is 53.5 Å². The lowest BCUT2D eigenvalue weighted by Crippen LogP contribution is -2.57. The van der Waals surface area contributed by atoms with Gasteiger partial charge in [-0.1, -0.05) is 34.6 Å². The molecule has 3 heterocycles. The Hall–Kier alpha value is -3.26. The number of carbonyl (C=O) groups excluding carboxylic acids is 2. The number of fused-ring (bicyclic) bond motifs is 1. The minimum absolute atomic E-state index is 0.117. The predicted octanol–water partition coefficient (Wildman–Crippen LogP) is 5.23. The van der Waals surface area contributed by atoms with Crippen LogP contribution in [0.25, 0.3) is 22.4 Å². The van der Waals surface area contributed by atoms with Gasteiger partial charge >= 0.3 is 0 Å². The van der Waals surface area contributed by atoms with Crippen LogP contribution in [0.4, 0.5) is 4.39 Å². The van der Waals surface area contributed by atoms with Crippen LogP contribution in [0, 0.1) is 11.2 Å². The zero-order chi connectivity index (χ0) is 27.1. The highest BCUT2D eigenvalue weighted by molar-refractivity contribution is 5.96. The first-order valence-corrected chi connectivity index (χ1v) is 12.8. The Morgan fingerprint density at radius 2 is 1.84 bits per heavy atom. The predicted molar refractivity (Wildman–Crippen MR) is 141 cm³/mol. The second-order valence-corrected chi connectivity index (χ2v) is 11.5. The standard InChI is InChI=1S/C29H36FN3O4/c1-17(2)21-13-22(19-7-9-20(30)10-8-19)31-23-14-25(37-26(21)23)28(36)33-12-11-32(16-18(33)3)27(35)24(34)15-29(4,5)6/h7-10,13-14,17-18,24,34H,11-12,15-16H2,1-6H3/t18-,24-/m1/s1. The van der Waals surface area contributed by atoms with Crippen molar-refractivity contribution in [2.24, 2.45) is 5.41 Å². The van der Waals surface area contributed by atoms with Gasteiger partial charge in [-0.25, -0.2) is 9.37 Å². The number of carbonyl (C=O) groups is 2. The Bertz CT molecular complexity index is 1290. The summed E-state index contributed by atoms with van der Waals surface area (Å²) in [6.07, 6.45) is -0.677. The Balaban J connectivity index is 1.55. The third-order valence-corrected chi connectivity index (χ3v) is 6.77. The molecule has 0 unspecified atom stereocenters. The van der Waals surface area contributed by atoms with Crippen molar-refractivity contribution in [1.29, 1.82) is 0 Å². The van der Waals surface area contributed by atoms with Gasteiger partial charge in [0.05, 0.1) is 5.69 Å². The largest absolute Gasteiger partial charge is 0.449 e. The second-order valence-electron chi connectivity index (χ2n) is 11.5. The molecule has 0 radical (unpaired) electrons. The van der Waals surface area contributed by atoms with E-state index < -0.39 is 6.10 Å². The molecule has 7 nitrogen and oxygen atoms in total. The summed E-state index contributed by atoms with van der Waals surface area (Å²) in [5, 5.41) is 10.4. The number of furan rings is 1. The van der Waals surface area contributed by atoms with Gasteiger partial charge in [-0.05, 0) is 55.0 Å². The van der Waals surface area contributed by atoms with E-state index in [-0.39, 0.29) is 40.8 Å². The van der Waals surface area contributed by atoms with Crippen molar-refractivity contribution in [2.45, 2.75) is 66.0 Å². The molecule has 1 aliphatic heterocycles. The average molecular weight is 510 g/mol. The van der Waals surface area contributed by atoms with Gasteiger partial charge in [-0.3, -0.25) is 9.59 Å². The minimum atomic E-state index is -1.05. The number of piperazine rings is 1. The number of hydrogen-bond donors (Lipinski definition) is 1. The molecule has 8 heteroatoms. The lowest BCUT2D eigenvalue weighted by atomic mass is 9.89. The van der Waals surface area contributed by atoms with Gasteiger partial charge in [0.25, 0.3) is 11.8 Å². The fourth-order valence-electron chi connectivity index (χ4n) is 4.83. The second kappa shape index (κ2) is 10.2. The van der Waals surface area contributed by atoms with E-state index in [4.69, 9.17) is 9.40 Å². The number of hydrogen-bond acceptors (Lipinski definition) is 5. The van der Waals surface area contributed by atoms with Crippen molar-refractivity contribution < 1.29 is 23.5 Å². The van der Waals surface area contributed by atoms with Gasteiger partial charge < -0.3 is 19.3 Å². The lowest BCUT2D eigenvalue weighted by Gasteiger charge is -2.40. The van der Waals surface area contributed by atoms with Crippen LogP contribution >= 0.6 is 0 Å². The van der Waals surface area contributed by atoms with Crippen molar-refractivity contribution in [3.8, 4) is 11.3 Å². The van der Waals surface area contributed by atoms with E-state index in [2.05, 4.69) is 0 Å². The Kier molecular flexibility index (Phi) is 7.42. The Morgan fingerprint density at radius 1 is 1.16 bits per heavy atom. The fourth-order valence-corrected chi connectivity index (χ4v) is 4.83. The molecule has 198 valence electrons. The molecule has 37 heavy (non-hydrogen) atoms. The number of benzene rings is 1. The van der Waals surface area contributed by atoms with Crippen LogP contribution in [0.2, 0.25) is 0 Å². The first-order chi connectivity index (χ1) is 17.3. The number of nitrogens with zero attached hydrogens (tertiary/aromatic N) is 3. The maximum absolute atomic E-state index is 13.5. The average Bonchev–Trinajstić information content (AvgIpc) is 3.26. The number of aromatic nitrogens is 1. The molecular weight excluding hydrogens is 473 g/mol. The molecule has 2 amide bonds. The molecule has 2 atom stereocenters. The lowest BCUT2D eigenvalue weighted by molar-refractivity contribution is -0.144. The first kappa shape index (κ1) is 26.8. The van der Waals surface area contributed by atoms with Gasteiger partial charge in [0.2, 0.25) is 0 Å². The van der Waals surface area contributed by atoms with E-state index >= 15 is 0 Å². The summed E-state index contributed by atoms with van der Waals surface area (Å²) in [4.78, 5) is 34.3. The van der Waals surface area contributed by atoms with Crippen LogP contribution < -0.4 is 0 Å². The van der Waals surface area contributed by atoms with Crippen LogP contribution in [0.1, 0.15) is 70.0 Å². The van der Waals surface area contributed by atoms with Crippen molar-refractivity contribution in [2.75, 3.05) is 19.6 Å². The van der Waals surface area contributed by atoms with E-state index in [9.17, 15) is 19.1 Å². The first-order valence-electron chi connectivity index (χ1n) is 12.8. The highest BCUT2D eigenvalue weighted by Gasteiger charge is 2.35. The summed E-state index contributed by atoms with van der Waals surface area (Å²) in [6, 6.07) is 9.50. The molecule has 1 aliphatic rings. The summed E-state index contributed by atoms with van der Waals surface area (Å²) in [5.74, 6) is -0.556. The molecule has 2 aromatic heterocycles. The zero-order valence-electron chi connectivity index (χ0n) is 22.4. The summed E-state index contributed by atoms with van der Waals surface area (Å²) in [7, 11) is 0. The van der Waals surface area contributed by atoms with E-state index in [1.807, 2.05) is 47.6 Å². The highest BCUT2D eigenvalue weighted by atomic mass is 19.1. The van der Waals surface area contributed by atoms with E-state index in [1.54, 1.807) is 28.0 Å². The van der Waals surface area contributed by atoms with E-state index in [0.717, 1.165) is 11.1 Å². The van der Waals surface area contributed by atoms with Gasteiger partial charge in [0.1, 0.15) is 17.4 Å². The molecular formula is C29H36FN3O4. The number of pyridine rings is 1. The monoisotopic (exact) mass is 509 g/mol. The third kappa shape index (κ3) is 5.85. The van der Waals surface area contributed by atoms with Crippen molar-refractivity contribution >= 4 is 22.9 Å². The summed E-state index contributed by atoms with van der Waals surface area (Å²) in [5.41, 5.74) is 3.35. The summed E-state index contributed by atoms with van der Waals surface area (Å²) >= 11 is 0. The molecule has 1 fully saturated rings. The van der Waals surface area contributed by atoms with Crippen molar-refractivity contribution in [3.63, 3.8) is 0 Å². The van der Waals surface area contributed by atoms with Crippen LogP contribution in [0.3, 0.4) is 0 Å². The van der Waals surface area contributed by atoms with E-state index in [0.29, 0.717) is 42.8 Å². The highest BCUT2D eigenvalue weighted by Crippen LogP contribution is 2.32. The maximum Gasteiger partial charge on any atom is 0.290 e. The SMILES string of the molecule is CC(C)c1cc(-c2ccc(F)cc2)nc2cc(C(=O)N3CCN(C(=O)[C@H](O)CC(C)(C)C)C[C@H]3C)oc12. The number of aliphatic hydroxyl groups is 1.